The summed E-state index contributed by atoms with van der Waals surface area (Å²) in [5, 5.41) is 13.3. The molecule has 3 aromatic rings. The summed E-state index contributed by atoms with van der Waals surface area (Å²) in [6.45, 7) is 3.79. The first-order valence-corrected chi connectivity index (χ1v) is 9.83. The van der Waals surface area contributed by atoms with Gasteiger partial charge in [-0.2, -0.15) is 10.2 Å². The van der Waals surface area contributed by atoms with Crippen LogP contribution in [0.4, 0.5) is 20.2 Å². The van der Waals surface area contributed by atoms with Gasteiger partial charge in [0.1, 0.15) is 17.9 Å². The molecule has 0 fully saturated rings. The number of amides is 2. The van der Waals surface area contributed by atoms with Crippen molar-refractivity contribution in [3.63, 3.8) is 0 Å². The number of rotatable bonds is 7. The van der Waals surface area contributed by atoms with Gasteiger partial charge in [0.2, 0.25) is 5.91 Å². The predicted molar refractivity (Wildman–Crippen MR) is 111 cm³/mol. The molecule has 158 valence electrons. The van der Waals surface area contributed by atoms with Gasteiger partial charge in [-0.3, -0.25) is 19.0 Å². The minimum atomic E-state index is -2.74. The fourth-order valence-electron chi connectivity index (χ4n) is 2.82. The summed E-state index contributed by atoms with van der Waals surface area (Å²) < 4.78 is 28.9. The number of alkyl halides is 2. The molecule has 2 N–H and O–H groups in total. The Kier molecular flexibility index (Phi) is 6.60. The lowest BCUT2D eigenvalue weighted by Gasteiger charge is -2.10. The van der Waals surface area contributed by atoms with Gasteiger partial charge in [0.25, 0.3) is 12.3 Å². The number of hydrogen-bond donors (Lipinski definition) is 2. The predicted octanol–water partition coefficient (Wildman–Crippen LogP) is 4.00. The van der Waals surface area contributed by atoms with Gasteiger partial charge in [-0.25, -0.2) is 8.78 Å². The summed E-state index contributed by atoms with van der Waals surface area (Å²) in [4.78, 5) is 24.8. The molecule has 30 heavy (non-hydrogen) atoms. The van der Waals surface area contributed by atoms with Crippen molar-refractivity contribution >= 4 is 39.1 Å². The molecule has 0 aliphatic heterocycles. The molecule has 0 spiro atoms. The second-order valence-corrected chi connectivity index (χ2v) is 7.15. The zero-order chi connectivity index (χ0) is 21.8. The van der Waals surface area contributed by atoms with E-state index in [1.54, 1.807) is 48.1 Å². The summed E-state index contributed by atoms with van der Waals surface area (Å²) >= 11 is 3.08. The Morgan fingerprint density at radius 2 is 1.87 bits per heavy atom. The fourth-order valence-corrected chi connectivity index (χ4v) is 3.28. The molecule has 8 nitrogen and oxygen atoms in total. The number of aryl methyl sites for hydroxylation is 1. The number of benzene rings is 1. The maximum atomic E-state index is 13.0. The topological polar surface area (TPSA) is 93.8 Å². The van der Waals surface area contributed by atoms with E-state index in [0.717, 1.165) is 0 Å². The monoisotopic (exact) mass is 480 g/mol. The van der Waals surface area contributed by atoms with Crippen LogP contribution in [0.25, 0.3) is 0 Å². The standard InChI is InChI=1S/C19H19BrF2N6O2/c1-3-27-14(7-8-23-27)19(30)25-13-6-4-5-12(9-13)24-15(29)10-28-11(2)16(20)17(26-28)18(21)22/h4-9,18H,3,10H2,1-2H3,(H,24,29)(H,25,30). The zero-order valence-electron chi connectivity index (χ0n) is 16.2. The van der Waals surface area contributed by atoms with Gasteiger partial charge >= 0.3 is 0 Å². The quantitative estimate of drug-likeness (QED) is 0.534. The molecule has 2 aromatic heterocycles. The van der Waals surface area contributed by atoms with E-state index in [0.29, 0.717) is 29.3 Å². The molecular formula is C19H19BrF2N6O2. The lowest BCUT2D eigenvalue weighted by Crippen LogP contribution is -2.21. The van der Waals surface area contributed by atoms with E-state index in [2.05, 4.69) is 36.8 Å². The minimum absolute atomic E-state index is 0.182. The third-order valence-corrected chi connectivity index (χ3v) is 5.29. The number of anilines is 2. The summed E-state index contributed by atoms with van der Waals surface area (Å²) in [6.07, 6.45) is -1.20. The molecule has 0 aliphatic carbocycles. The molecule has 11 heteroatoms. The van der Waals surface area contributed by atoms with E-state index in [4.69, 9.17) is 0 Å². The Morgan fingerprint density at radius 1 is 1.17 bits per heavy atom. The van der Waals surface area contributed by atoms with Crippen molar-refractivity contribution in [2.24, 2.45) is 0 Å². The Hall–Kier alpha value is -3.08. The highest BCUT2D eigenvalue weighted by Crippen LogP contribution is 2.29. The van der Waals surface area contributed by atoms with Crippen LogP contribution in [0.3, 0.4) is 0 Å². The average Bonchev–Trinajstić information content (AvgIpc) is 3.28. The summed E-state index contributed by atoms with van der Waals surface area (Å²) in [7, 11) is 0. The molecule has 2 heterocycles. The first kappa shape index (κ1) is 21.6. The molecule has 0 atom stereocenters. The van der Waals surface area contributed by atoms with Crippen LogP contribution in [-0.4, -0.2) is 31.4 Å². The third-order valence-electron chi connectivity index (χ3n) is 4.31. The number of nitrogens with one attached hydrogen (secondary N) is 2. The van der Waals surface area contributed by atoms with Gasteiger partial charge in [0.15, 0.2) is 0 Å². The molecule has 0 bridgehead atoms. The highest BCUT2D eigenvalue weighted by Gasteiger charge is 2.21. The fraction of sp³-hybridized carbons (Fsp3) is 0.263. The van der Waals surface area contributed by atoms with Crippen LogP contribution in [0.15, 0.2) is 41.0 Å². The lowest BCUT2D eigenvalue weighted by molar-refractivity contribution is -0.117. The SMILES string of the molecule is CCn1nccc1C(=O)Nc1cccc(NC(=O)Cn2nc(C(F)F)c(Br)c2C)c1. The smallest absolute Gasteiger partial charge is 0.283 e. The van der Waals surface area contributed by atoms with Gasteiger partial charge < -0.3 is 10.6 Å². The molecule has 0 unspecified atom stereocenters. The highest BCUT2D eigenvalue weighted by atomic mass is 79.9. The van der Waals surface area contributed by atoms with Crippen molar-refractivity contribution < 1.29 is 18.4 Å². The number of nitrogens with zero attached hydrogens (tertiary/aromatic N) is 4. The van der Waals surface area contributed by atoms with Crippen LogP contribution in [0.1, 0.15) is 35.2 Å². The van der Waals surface area contributed by atoms with E-state index in [1.807, 2.05) is 6.92 Å². The van der Waals surface area contributed by atoms with Gasteiger partial charge in [-0.1, -0.05) is 6.07 Å². The Balaban J connectivity index is 1.67. The van der Waals surface area contributed by atoms with Crippen molar-refractivity contribution in [1.29, 1.82) is 0 Å². The van der Waals surface area contributed by atoms with Crippen molar-refractivity contribution in [2.45, 2.75) is 33.4 Å². The van der Waals surface area contributed by atoms with Gasteiger partial charge in [0.05, 0.1) is 10.2 Å². The Bertz CT molecular complexity index is 1080. The van der Waals surface area contributed by atoms with Crippen molar-refractivity contribution in [2.75, 3.05) is 10.6 Å². The van der Waals surface area contributed by atoms with E-state index < -0.39 is 18.0 Å². The molecule has 3 rings (SSSR count). The summed E-state index contributed by atoms with van der Waals surface area (Å²) in [6, 6.07) is 8.22. The number of halogens is 3. The number of aromatic nitrogens is 4. The Labute approximate surface area is 179 Å². The molecule has 0 aliphatic rings. The van der Waals surface area contributed by atoms with Crippen molar-refractivity contribution in [3.8, 4) is 0 Å². The van der Waals surface area contributed by atoms with Gasteiger partial charge in [-0.05, 0) is 54.0 Å². The summed E-state index contributed by atoms with van der Waals surface area (Å²) in [5.74, 6) is -0.768. The van der Waals surface area contributed by atoms with Gasteiger partial charge in [-0.15, -0.1) is 0 Å². The lowest BCUT2D eigenvalue weighted by atomic mass is 10.2. The number of hydrogen-bond acceptors (Lipinski definition) is 4. The van der Waals surface area contributed by atoms with E-state index in [-0.39, 0.29) is 16.9 Å². The van der Waals surface area contributed by atoms with Crippen LogP contribution in [0.2, 0.25) is 0 Å². The maximum Gasteiger partial charge on any atom is 0.283 e. The van der Waals surface area contributed by atoms with Gasteiger partial charge in [0, 0.05) is 24.1 Å². The molecule has 2 amide bonds. The molecular weight excluding hydrogens is 462 g/mol. The normalized spacial score (nSPS) is 11.0. The van der Waals surface area contributed by atoms with E-state index in [9.17, 15) is 18.4 Å². The van der Waals surface area contributed by atoms with Crippen molar-refractivity contribution in [3.05, 3.63) is 58.1 Å². The van der Waals surface area contributed by atoms with Crippen LogP contribution >= 0.6 is 15.9 Å². The van der Waals surface area contributed by atoms with Crippen LogP contribution in [0, 0.1) is 6.92 Å². The summed E-state index contributed by atoms with van der Waals surface area (Å²) in [5.41, 5.74) is 1.37. The van der Waals surface area contributed by atoms with Crippen LogP contribution < -0.4 is 10.6 Å². The second kappa shape index (κ2) is 9.16. The van der Waals surface area contributed by atoms with Crippen LogP contribution in [-0.2, 0) is 17.9 Å². The second-order valence-electron chi connectivity index (χ2n) is 6.36. The largest absolute Gasteiger partial charge is 0.324 e. The average molecular weight is 481 g/mol. The number of carbonyl (C=O) groups excluding carboxylic acids is 2. The molecule has 0 saturated heterocycles. The first-order valence-electron chi connectivity index (χ1n) is 9.04. The van der Waals surface area contributed by atoms with E-state index >= 15 is 0 Å². The Morgan fingerprint density at radius 3 is 2.50 bits per heavy atom. The van der Waals surface area contributed by atoms with Crippen LogP contribution in [0.5, 0.6) is 0 Å². The van der Waals surface area contributed by atoms with Crippen molar-refractivity contribution in [1.82, 2.24) is 19.6 Å². The van der Waals surface area contributed by atoms with E-state index in [1.165, 1.54) is 4.68 Å². The molecule has 1 aromatic carbocycles. The number of carbonyl (C=O) groups is 2. The zero-order valence-corrected chi connectivity index (χ0v) is 17.8. The minimum Gasteiger partial charge on any atom is -0.324 e. The first-order chi connectivity index (χ1) is 14.3. The highest BCUT2D eigenvalue weighted by molar-refractivity contribution is 9.10. The molecule has 0 saturated carbocycles. The molecule has 0 radical (unpaired) electrons. The third kappa shape index (κ3) is 4.73. The maximum absolute atomic E-state index is 13.0.